The maximum absolute atomic E-state index is 12.8. The van der Waals surface area contributed by atoms with E-state index in [1.54, 1.807) is 12.1 Å². The van der Waals surface area contributed by atoms with Gasteiger partial charge in [0.2, 0.25) is 5.91 Å². The summed E-state index contributed by atoms with van der Waals surface area (Å²) in [4.78, 5) is 24.3. The van der Waals surface area contributed by atoms with Gasteiger partial charge in [0, 0.05) is 5.56 Å². The molecule has 0 unspecified atom stereocenters. The van der Waals surface area contributed by atoms with Crippen molar-refractivity contribution in [2.75, 3.05) is 5.75 Å². The summed E-state index contributed by atoms with van der Waals surface area (Å²) in [5.74, 6) is 0.212. The second-order valence-corrected chi connectivity index (χ2v) is 5.59. The highest BCUT2D eigenvalue weighted by Crippen LogP contribution is 2.31. The van der Waals surface area contributed by atoms with Crippen molar-refractivity contribution in [2.24, 2.45) is 0 Å². The molecule has 2 aromatic rings. The molecule has 1 heterocycles. The van der Waals surface area contributed by atoms with E-state index in [4.69, 9.17) is 0 Å². The van der Waals surface area contributed by atoms with E-state index in [2.05, 4.69) is 5.32 Å². The molecule has 0 atom stereocenters. The van der Waals surface area contributed by atoms with Gasteiger partial charge in [0.25, 0.3) is 0 Å². The van der Waals surface area contributed by atoms with Crippen LogP contribution in [-0.2, 0) is 4.79 Å². The molecule has 2 aromatic carbocycles. The van der Waals surface area contributed by atoms with Gasteiger partial charge in [-0.05, 0) is 5.56 Å². The van der Waals surface area contributed by atoms with Gasteiger partial charge in [-0.3, -0.25) is 9.59 Å². The van der Waals surface area contributed by atoms with E-state index in [-0.39, 0.29) is 11.7 Å². The molecule has 104 valence electrons. The molecule has 1 amide bonds. The van der Waals surface area contributed by atoms with E-state index >= 15 is 0 Å². The lowest BCUT2D eigenvalue weighted by Gasteiger charge is -2.10. The van der Waals surface area contributed by atoms with Crippen molar-refractivity contribution in [2.45, 2.75) is 0 Å². The fourth-order valence-corrected chi connectivity index (χ4v) is 3.06. The van der Waals surface area contributed by atoms with Crippen molar-refractivity contribution in [3.05, 3.63) is 76.8 Å². The molecular formula is C17H13NO2S. The number of allylic oxidation sites excluding steroid dienone is 1. The highest BCUT2D eigenvalue weighted by Gasteiger charge is 2.25. The van der Waals surface area contributed by atoms with Gasteiger partial charge in [0.15, 0.2) is 5.78 Å². The topological polar surface area (TPSA) is 46.2 Å². The van der Waals surface area contributed by atoms with Gasteiger partial charge in [-0.15, -0.1) is 0 Å². The number of hydrogen-bond acceptors (Lipinski definition) is 3. The maximum atomic E-state index is 12.8. The van der Waals surface area contributed by atoms with Gasteiger partial charge in [-0.1, -0.05) is 72.4 Å². The minimum atomic E-state index is -0.0773. The number of thioether (sulfide) groups is 1. The summed E-state index contributed by atoms with van der Waals surface area (Å²) < 4.78 is 0. The van der Waals surface area contributed by atoms with Crippen LogP contribution in [0.5, 0.6) is 0 Å². The van der Waals surface area contributed by atoms with Crippen LogP contribution in [0.1, 0.15) is 15.9 Å². The Labute approximate surface area is 127 Å². The van der Waals surface area contributed by atoms with Crippen LogP contribution in [0.25, 0.3) is 5.57 Å². The standard InChI is InChI=1S/C17H13NO2S/c19-14-11-21-17(18-14)15(12-7-3-1-4-8-12)16(20)13-9-5-2-6-10-13/h1-10H,11H2,(H,18,19). The zero-order valence-electron chi connectivity index (χ0n) is 11.2. The Hall–Kier alpha value is -2.33. The molecule has 21 heavy (non-hydrogen) atoms. The molecule has 0 spiro atoms. The molecule has 0 bridgehead atoms. The number of hydrogen-bond donors (Lipinski definition) is 1. The summed E-state index contributed by atoms with van der Waals surface area (Å²) in [5, 5.41) is 3.42. The van der Waals surface area contributed by atoms with Crippen molar-refractivity contribution in [3.63, 3.8) is 0 Å². The number of nitrogens with one attached hydrogen (secondary N) is 1. The quantitative estimate of drug-likeness (QED) is 0.699. The second kappa shape index (κ2) is 5.97. The lowest BCUT2D eigenvalue weighted by atomic mass is 9.97. The van der Waals surface area contributed by atoms with Crippen LogP contribution < -0.4 is 5.32 Å². The van der Waals surface area contributed by atoms with E-state index in [1.165, 1.54) is 11.8 Å². The van der Waals surface area contributed by atoms with Gasteiger partial charge in [0.05, 0.1) is 16.4 Å². The van der Waals surface area contributed by atoms with Gasteiger partial charge in [-0.25, -0.2) is 0 Å². The summed E-state index contributed by atoms with van der Waals surface area (Å²) in [6.45, 7) is 0. The van der Waals surface area contributed by atoms with Crippen LogP contribution in [0.3, 0.4) is 0 Å². The van der Waals surface area contributed by atoms with Crippen LogP contribution in [0.2, 0.25) is 0 Å². The Morgan fingerprint density at radius 1 is 0.905 bits per heavy atom. The maximum Gasteiger partial charge on any atom is 0.235 e. The first kappa shape index (κ1) is 13.6. The summed E-state index contributed by atoms with van der Waals surface area (Å²) in [6.07, 6.45) is 0. The lowest BCUT2D eigenvalue weighted by Crippen LogP contribution is -2.17. The fraction of sp³-hybridized carbons (Fsp3) is 0.0588. The fourth-order valence-electron chi connectivity index (χ4n) is 2.18. The van der Waals surface area contributed by atoms with Gasteiger partial charge in [-0.2, -0.15) is 0 Å². The average molecular weight is 295 g/mol. The molecule has 1 aliphatic rings. The summed E-state index contributed by atoms with van der Waals surface area (Å²) in [5.41, 5.74) is 1.99. The molecular weight excluding hydrogens is 282 g/mol. The Morgan fingerprint density at radius 3 is 2.00 bits per heavy atom. The Morgan fingerprint density at radius 2 is 1.48 bits per heavy atom. The van der Waals surface area contributed by atoms with Crippen LogP contribution in [-0.4, -0.2) is 17.4 Å². The molecule has 0 aromatic heterocycles. The number of rotatable bonds is 3. The molecule has 1 N–H and O–H groups in total. The predicted octanol–water partition coefficient (Wildman–Crippen LogP) is 3.10. The third kappa shape index (κ3) is 2.90. The highest BCUT2D eigenvalue weighted by atomic mass is 32.2. The molecule has 0 aliphatic carbocycles. The third-order valence-corrected chi connectivity index (χ3v) is 4.15. The van der Waals surface area contributed by atoms with Gasteiger partial charge < -0.3 is 5.32 Å². The van der Waals surface area contributed by atoms with E-state index in [0.717, 1.165) is 5.56 Å². The number of Topliss-reactive ketones (excluding diaryl/α,β-unsaturated/α-hetero) is 1. The monoisotopic (exact) mass is 295 g/mol. The van der Waals surface area contributed by atoms with Gasteiger partial charge in [0.1, 0.15) is 0 Å². The number of carbonyl (C=O) groups excluding carboxylic acids is 2. The minimum absolute atomic E-state index is 0.0655. The largest absolute Gasteiger partial charge is 0.319 e. The minimum Gasteiger partial charge on any atom is -0.319 e. The molecule has 3 nitrogen and oxygen atoms in total. The average Bonchev–Trinajstić information content (AvgIpc) is 2.95. The Balaban J connectivity index is 2.10. The van der Waals surface area contributed by atoms with Crippen molar-refractivity contribution >= 4 is 29.0 Å². The second-order valence-electron chi connectivity index (χ2n) is 4.60. The summed E-state index contributed by atoms with van der Waals surface area (Å²) >= 11 is 1.37. The van der Waals surface area contributed by atoms with Crippen molar-refractivity contribution in [1.29, 1.82) is 0 Å². The summed E-state index contributed by atoms with van der Waals surface area (Å²) in [6, 6.07) is 18.5. The first-order chi connectivity index (χ1) is 10.3. The molecule has 1 aliphatic heterocycles. The van der Waals surface area contributed by atoms with Gasteiger partial charge >= 0.3 is 0 Å². The van der Waals surface area contributed by atoms with E-state index in [1.807, 2.05) is 48.5 Å². The first-order valence-electron chi connectivity index (χ1n) is 6.58. The van der Waals surface area contributed by atoms with E-state index in [0.29, 0.717) is 21.9 Å². The number of amides is 1. The molecule has 1 fully saturated rings. The van der Waals surface area contributed by atoms with Crippen molar-refractivity contribution in [3.8, 4) is 0 Å². The summed E-state index contributed by atoms with van der Waals surface area (Å²) in [7, 11) is 0. The number of benzene rings is 2. The zero-order chi connectivity index (χ0) is 14.7. The normalized spacial score (nSPS) is 16.5. The Bertz CT molecular complexity index is 708. The molecule has 0 saturated carbocycles. The van der Waals surface area contributed by atoms with Crippen LogP contribution in [0.4, 0.5) is 0 Å². The highest BCUT2D eigenvalue weighted by molar-refractivity contribution is 8.04. The molecule has 3 rings (SSSR count). The predicted molar refractivity (Wildman–Crippen MR) is 84.7 cm³/mol. The van der Waals surface area contributed by atoms with Crippen LogP contribution in [0.15, 0.2) is 65.7 Å². The first-order valence-corrected chi connectivity index (χ1v) is 7.56. The zero-order valence-corrected chi connectivity index (χ0v) is 12.0. The Kier molecular flexibility index (Phi) is 3.88. The van der Waals surface area contributed by atoms with E-state index in [9.17, 15) is 9.59 Å². The molecule has 0 radical (unpaired) electrons. The van der Waals surface area contributed by atoms with E-state index < -0.39 is 0 Å². The van der Waals surface area contributed by atoms with Crippen molar-refractivity contribution in [1.82, 2.24) is 5.32 Å². The smallest absolute Gasteiger partial charge is 0.235 e. The number of carbonyl (C=O) groups is 2. The molecule has 1 saturated heterocycles. The van der Waals surface area contributed by atoms with Crippen LogP contribution >= 0.6 is 11.8 Å². The SMILES string of the molecule is O=C1CSC(=C(C(=O)c2ccccc2)c2ccccc2)N1. The van der Waals surface area contributed by atoms with Crippen LogP contribution in [0, 0.1) is 0 Å². The van der Waals surface area contributed by atoms with Crippen molar-refractivity contribution < 1.29 is 9.59 Å². The third-order valence-electron chi connectivity index (χ3n) is 3.15. The molecule has 4 heteroatoms. The lowest BCUT2D eigenvalue weighted by molar-refractivity contribution is -0.117. The number of ketones is 1.